The number of carbonyl (C=O) groups excluding carboxylic acids is 1. The van der Waals surface area contributed by atoms with E-state index in [9.17, 15) is 4.79 Å². The lowest BCUT2D eigenvalue weighted by Gasteiger charge is -2.35. The highest BCUT2D eigenvalue weighted by Crippen LogP contribution is 2.11. The first-order valence-corrected chi connectivity index (χ1v) is 5.06. The van der Waals surface area contributed by atoms with Crippen molar-refractivity contribution in [2.45, 2.75) is 32.4 Å². The Kier molecular flexibility index (Phi) is 4.35. The van der Waals surface area contributed by atoms with Crippen LogP contribution in [-0.4, -0.2) is 49.8 Å². The van der Waals surface area contributed by atoms with Crippen molar-refractivity contribution in [1.29, 1.82) is 0 Å². The molecule has 0 bridgehead atoms. The zero-order chi connectivity index (χ0) is 10.6. The molecule has 1 heterocycles. The smallest absolute Gasteiger partial charge is 0.308 e. The molecule has 1 aliphatic heterocycles. The summed E-state index contributed by atoms with van der Waals surface area (Å²) in [7, 11) is 1.41. The molecule has 1 fully saturated rings. The summed E-state index contributed by atoms with van der Waals surface area (Å²) in [5.74, 6) is -0.194. The summed E-state index contributed by atoms with van der Waals surface area (Å²) in [4.78, 5) is 13.4. The minimum atomic E-state index is -0.194. The van der Waals surface area contributed by atoms with Crippen molar-refractivity contribution in [2.75, 3.05) is 26.8 Å². The van der Waals surface area contributed by atoms with Gasteiger partial charge in [-0.05, 0) is 13.8 Å². The monoisotopic (exact) mass is 201 g/mol. The zero-order valence-corrected chi connectivity index (χ0v) is 9.16. The molecule has 4 heteroatoms. The predicted molar refractivity (Wildman–Crippen MR) is 53.1 cm³/mol. The number of morpholine rings is 1. The van der Waals surface area contributed by atoms with Crippen molar-refractivity contribution in [1.82, 2.24) is 4.90 Å². The number of rotatable bonds is 3. The van der Waals surface area contributed by atoms with E-state index in [4.69, 9.17) is 4.74 Å². The molecule has 1 rings (SSSR count). The Bertz CT molecular complexity index is 194. The Hall–Kier alpha value is -0.610. The molecule has 0 aliphatic carbocycles. The normalized spacial score (nSPS) is 23.9. The maximum Gasteiger partial charge on any atom is 0.308 e. The maximum absolute atomic E-state index is 11.0. The minimum absolute atomic E-state index is 0.00130. The third-order valence-electron chi connectivity index (χ3n) is 2.52. The number of carbonyl (C=O) groups is 1. The molecule has 0 amide bonds. The van der Waals surface area contributed by atoms with E-state index in [0.717, 1.165) is 13.1 Å². The third-order valence-corrected chi connectivity index (χ3v) is 2.52. The van der Waals surface area contributed by atoms with E-state index in [1.165, 1.54) is 7.11 Å². The first-order chi connectivity index (χ1) is 6.63. The third kappa shape index (κ3) is 3.27. The summed E-state index contributed by atoms with van der Waals surface area (Å²) in [6.45, 7) is 6.79. The van der Waals surface area contributed by atoms with Crippen LogP contribution in [0.3, 0.4) is 0 Å². The van der Waals surface area contributed by atoms with Crippen molar-refractivity contribution in [3.8, 4) is 0 Å². The molecule has 1 saturated heterocycles. The van der Waals surface area contributed by atoms with Crippen LogP contribution >= 0.6 is 0 Å². The molecular formula is C10H19NO3. The number of hydrogen-bond acceptors (Lipinski definition) is 4. The molecule has 1 unspecified atom stereocenters. The van der Waals surface area contributed by atoms with Crippen LogP contribution in [0.15, 0.2) is 0 Å². The first kappa shape index (κ1) is 11.5. The van der Waals surface area contributed by atoms with E-state index < -0.39 is 0 Å². The molecule has 0 aromatic heterocycles. The lowest BCUT2D eigenvalue weighted by atomic mass is 10.2. The summed E-state index contributed by atoms with van der Waals surface area (Å²) in [6, 6.07) is 0.513. The van der Waals surface area contributed by atoms with Gasteiger partial charge in [0.05, 0.1) is 26.2 Å². The van der Waals surface area contributed by atoms with Crippen LogP contribution in [0.1, 0.15) is 20.3 Å². The van der Waals surface area contributed by atoms with Gasteiger partial charge in [0.1, 0.15) is 0 Å². The van der Waals surface area contributed by atoms with Crippen LogP contribution < -0.4 is 0 Å². The Morgan fingerprint density at radius 2 is 2.36 bits per heavy atom. The van der Waals surface area contributed by atoms with Gasteiger partial charge >= 0.3 is 5.97 Å². The van der Waals surface area contributed by atoms with Crippen molar-refractivity contribution in [2.24, 2.45) is 0 Å². The summed E-state index contributed by atoms with van der Waals surface area (Å²) in [6.07, 6.45) is 0.360. The van der Waals surface area contributed by atoms with E-state index in [2.05, 4.69) is 23.5 Å². The van der Waals surface area contributed by atoms with Crippen LogP contribution in [0.2, 0.25) is 0 Å². The quantitative estimate of drug-likeness (QED) is 0.629. The molecule has 0 aromatic rings. The van der Waals surface area contributed by atoms with Crippen molar-refractivity contribution in [3.05, 3.63) is 0 Å². The fourth-order valence-corrected chi connectivity index (χ4v) is 1.60. The molecule has 1 atom stereocenters. The first-order valence-electron chi connectivity index (χ1n) is 5.06. The predicted octanol–water partition coefficient (Wildman–Crippen LogP) is 0.659. The lowest BCUT2D eigenvalue weighted by Crippen LogP contribution is -2.46. The van der Waals surface area contributed by atoms with Gasteiger partial charge in [-0.2, -0.15) is 0 Å². The van der Waals surface area contributed by atoms with Gasteiger partial charge in [0.2, 0.25) is 0 Å². The summed E-state index contributed by atoms with van der Waals surface area (Å²) >= 11 is 0. The number of esters is 1. The highest BCUT2D eigenvalue weighted by atomic mass is 16.5. The second-order valence-electron chi connectivity index (χ2n) is 3.86. The topological polar surface area (TPSA) is 38.8 Å². The van der Waals surface area contributed by atoms with E-state index >= 15 is 0 Å². The van der Waals surface area contributed by atoms with Gasteiger partial charge in [0.25, 0.3) is 0 Å². The van der Waals surface area contributed by atoms with E-state index in [1.54, 1.807) is 0 Å². The highest BCUT2D eigenvalue weighted by molar-refractivity contribution is 5.69. The summed E-state index contributed by atoms with van der Waals surface area (Å²) < 4.78 is 10.1. The van der Waals surface area contributed by atoms with Gasteiger partial charge in [0, 0.05) is 19.1 Å². The molecule has 82 valence electrons. The van der Waals surface area contributed by atoms with Gasteiger partial charge in [-0.1, -0.05) is 0 Å². The average Bonchev–Trinajstić information content (AvgIpc) is 2.18. The molecule has 0 radical (unpaired) electrons. The zero-order valence-electron chi connectivity index (χ0n) is 9.16. The lowest BCUT2D eigenvalue weighted by molar-refractivity contribution is -0.146. The maximum atomic E-state index is 11.0. The molecular weight excluding hydrogens is 182 g/mol. The minimum Gasteiger partial charge on any atom is -0.469 e. The van der Waals surface area contributed by atoms with Crippen LogP contribution in [-0.2, 0) is 14.3 Å². The Morgan fingerprint density at radius 3 is 2.93 bits per heavy atom. The largest absolute Gasteiger partial charge is 0.469 e. The Balaban J connectivity index is 2.36. The molecule has 14 heavy (non-hydrogen) atoms. The average molecular weight is 201 g/mol. The number of methoxy groups -OCH3 is 1. The van der Waals surface area contributed by atoms with Crippen molar-refractivity contribution in [3.63, 3.8) is 0 Å². The Labute approximate surface area is 85.2 Å². The fraction of sp³-hybridized carbons (Fsp3) is 0.900. The molecule has 0 aromatic carbocycles. The van der Waals surface area contributed by atoms with Gasteiger partial charge in [0.15, 0.2) is 0 Å². The van der Waals surface area contributed by atoms with Gasteiger partial charge < -0.3 is 9.47 Å². The van der Waals surface area contributed by atoms with Gasteiger partial charge in [-0.25, -0.2) is 0 Å². The summed E-state index contributed by atoms with van der Waals surface area (Å²) in [5, 5.41) is 0. The van der Waals surface area contributed by atoms with Crippen LogP contribution in [0.4, 0.5) is 0 Å². The standard InChI is InChI=1S/C10H19NO3/c1-8(2)11-4-5-14-9(7-11)6-10(12)13-3/h8-9H,4-7H2,1-3H3. The second kappa shape index (κ2) is 5.32. The fourth-order valence-electron chi connectivity index (χ4n) is 1.60. The highest BCUT2D eigenvalue weighted by Gasteiger charge is 2.24. The van der Waals surface area contributed by atoms with Gasteiger partial charge in [-0.15, -0.1) is 0 Å². The van der Waals surface area contributed by atoms with Crippen LogP contribution in [0.5, 0.6) is 0 Å². The number of ether oxygens (including phenoxy) is 2. The SMILES string of the molecule is COC(=O)CC1CN(C(C)C)CCO1. The van der Waals surface area contributed by atoms with Crippen LogP contribution in [0, 0.1) is 0 Å². The van der Waals surface area contributed by atoms with Gasteiger partial charge in [-0.3, -0.25) is 9.69 Å². The van der Waals surface area contributed by atoms with E-state index in [1.807, 2.05) is 0 Å². The van der Waals surface area contributed by atoms with Crippen LogP contribution in [0.25, 0.3) is 0 Å². The number of hydrogen-bond donors (Lipinski definition) is 0. The molecule has 1 aliphatic rings. The van der Waals surface area contributed by atoms with Crippen molar-refractivity contribution >= 4 is 5.97 Å². The molecule has 0 N–H and O–H groups in total. The van der Waals surface area contributed by atoms with E-state index in [0.29, 0.717) is 19.1 Å². The Morgan fingerprint density at radius 1 is 1.64 bits per heavy atom. The number of nitrogens with zero attached hydrogens (tertiary/aromatic N) is 1. The van der Waals surface area contributed by atoms with Crippen molar-refractivity contribution < 1.29 is 14.3 Å². The summed E-state index contributed by atoms with van der Waals surface area (Å²) in [5.41, 5.74) is 0. The molecule has 4 nitrogen and oxygen atoms in total. The molecule has 0 saturated carbocycles. The second-order valence-corrected chi connectivity index (χ2v) is 3.86. The molecule has 0 spiro atoms. The van der Waals surface area contributed by atoms with E-state index in [-0.39, 0.29) is 12.1 Å².